The standard InChI is InChI=1S/C13H18ClNOS/c1-9(2)15(7-6-14)13(16)12-8-10-4-3-5-11(10)17-12/h8-9H,3-7H2,1-2H3. The van der Waals surface area contributed by atoms with Gasteiger partial charge in [-0.15, -0.1) is 22.9 Å². The van der Waals surface area contributed by atoms with Gasteiger partial charge in [-0.05, 0) is 44.7 Å². The third-order valence-corrected chi connectivity index (χ3v) is 4.56. The van der Waals surface area contributed by atoms with E-state index in [4.69, 9.17) is 11.6 Å². The fourth-order valence-electron chi connectivity index (χ4n) is 2.26. The number of hydrogen-bond acceptors (Lipinski definition) is 2. The van der Waals surface area contributed by atoms with Crippen molar-refractivity contribution in [3.05, 3.63) is 21.4 Å². The second kappa shape index (κ2) is 5.40. The first-order valence-electron chi connectivity index (χ1n) is 6.12. The van der Waals surface area contributed by atoms with Crippen LogP contribution in [0.2, 0.25) is 0 Å². The van der Waals surface area contributed by atoms with E-state index in [9.17, 15) is 4.79 Å². The molecule has 94 valence electrons. The molecule has 17 heavy (non-hydrogen) atoms. The highest BCUT2D eigenvalue weighted by molar-refractivity contribution is 7.14. The van der Waals surface area contributed by atoms with E-state index in [2.05, 4.69) is 6.07 Å². The second-order valence-electron chi connectivity index (χ2n) is 4.69. The summed E-state index contributed by atoms with van der Waals surface area (Å²) in [5, 5.41) is 0. The Labute approximate surface area is 112 Å². The minimum absolute atomic E-state index is 0.139. The Balaban J connectivity index is 2.17. The molecule has 0 saturated carbocycles. The number of aryl methyl sites for hydroxylation is 2. The number of halogens is 1. The molecule has 0 spiro atoms. The summed E-state index contributed by atoms with van der Waals surface area (Å²) in [7, 11) is 0. The van der Waals surface area contributed by atoms with Crippen LogP contribution < -0.4 is 0 Å². The van der Waals surface area contributed by atoms with Gasteiger partial charge in [0.15, 0.2) is 0 Å². The lowest BCUT2D eigenvalue weighted by Crippen LogP contribution is -2.38. The highest BCUT2D eigenvalue weighted by Crippen LogP contribution is 2.31. The molecule has 0 N–H and O–H groups in total. The Bertz CT molecular complexity index is 392. The molecule has 1 aromatic heterocycles. The molecule has 1 amide bonds. The highest BCUT2D eigenvalue weighted by atomic mass is 35.5. The number of fused-ring (bicyclic) bond motifs is 1. The molecule has 0 aromatic carbocycles. The van der Waals surface area contributed by atoms with Gasteiger partial charge in [-0.1, -0.05) is 0 Å². The summed E-state index contributed by atoms with van der Waals surface area (Å²) in [4.78, 5) is 16.5. The van der Waals surface area contributed by atoms with E-state index in [0.717, 1.165) is 17.7 Å². The SMILES string of the molecule is CC(C)N(CCCl)C(=O)c1cc2c(s1)CCC2. The lowest BCUT2D eigenvalue weighted by molar-refractivity contribution is 0.0723. The molecule has 0 saturated heterocycles. The quantitative estimate of drug-likeness (QED) is 0.770. The second-order valence-corrected chi connectivity index (χ2v) is 6.21. The Morgan fingerprint density at radius 3 is 2.88 bits per heavy atom. The van der Waals surface area contributed by atoms with E-state index in [1.54, 1.807) is 11.3 Å². The van der Waals surface area contributed by atoms with Crippen molar-refractivity contribution in [2.45, 2.75) is 39.2 Å². The van der Waals surface area contributed by atoms with Gasteiger partial charge in [-0.25, -0.2) is 0 Å². The minimum atomic E-state index is 0.139. The maximum Gasteiger partial charge on any atom is 0.264 e. The van der Waals surface area contributed by atoms with Gasteiger partial charge in [-0.2, -0.15) is 0 Å². The zero-order valence-corrected chi connectivity index (χ0v) is 11.9. The molecule has 0 aliphatic heterocycles. The maximum absolute atomic E-state index is 12.4. The third kappa shape index (κ3) is 2.66. The molecular formula is C13H18ClNOS. The number of carbonyl (C=O) groups excluding carboxylic acids is 1. The number of alkyl halides is 1. The Morgan fingerprint density at radius 1 is 1.53 bits per heavy atom. The molecule has 1 aliphatic rings. The molecule has 0 fully saturated rings. The van der Waals surface area contributed by atoms with Crippen molar-refractivity contribution in [3.8, 4) is 0 Å². The number of thiophene rings is 1. The van der Waals surface area contributed by atoms with Gasteiger partial charge in [-0.3, -0.25) is 4.79 Å². The molecule has 1 heterocycles. The van der Waals surface area contributed by atoms with E-state index in [1.807, 2.05) is 18.7 Å². The first-order valence-corrected chi connectivity index (χ1v) is 7.47. The number of carbonyl (C=O) groups is 1. The van der Waals surface area contributed by atoms with Crippen molar-refractivity contribution in [1.29, 1.82) is 0 Å². The third-order valence-electron chi connectivity index (χ3n) is 3.17. The molecule has 0 bridgehead atoms. The van der Waals surface area contributed by atoms with Crippen LogP contribution in [-0.2, 0) is 12.8 Å². The predicted octanol–water partition coefficient (Wildman–Crippen LogP) is 3.33. The average Bonchev–Trinajstić information content (AvgIpc) is 2.84. The molecule has 2 rings (SSSR count). The van der Waals surface area contributed by atoms with Gasteiger partial charge in [0, 0.05) is 23.3 Å². The number of nitrogens with zero attached hydrogens (tertiary/aromatic N) is 1. The summed E-state index contributed by atoms with van der Waals surface area (Å²) in [6, 6.07) is 2.29. The number of hydrogen-bond donors (Lipinski definition) is 0. The molecule has 0 atom stereocenters. The fraction of sp³-hybridized carbons (Fsp3) is 0.615. The molecule has 1 aliphatic carbocycles. The van der Waals surface area contributed by atoms with Crippen LogP contribution >= 0.6 is 22.9 Å². The molecule has 0 radical (unpaired) electrons. The molecule has 2 nitrogen and oxygen atoms in total. The lowest BCUT2D eigenvalue weighted by atomic mass is 10.2. The monoisotopic (exact) mass is 271 g/mol. The smallest absolute Gasteiger partial charge is 0.264 e. The van der Waals surface area contributed by atoms with Crippen molar-refractivity contribution in [1.82, 2.24) is 4.90 Å². The van der Waals surface area contributed by atoms with Crippen molar-refractivity contribution < 1.29 is 4.79 Å². The summed E-state index contributed by atoms with van der Waals surface area (Å²) in [5.74, 6) is 0.634. The Morgan fingerprint density at radius 2 is 2.29 bits per heavy atom. The fourth-order valence-corrected chi connectivity index (χ4v) is 3.65. The lowest BCUT2D eigenvalue weighted by Gasteiger charge is -2.25. The first kappa shape index (κ1) is 12.9. The maximum atomic E-state index is 12.4. The normalized spacial score (nSPS) is 14.1. The minimum Gasteiger partial charge on any atom is -0.334 e. The molecular weight excluding hydrogens is 254 g/mol. The van der Waals surface area contributed by atoms with E-state index < -0.39 is 0 Å². The Hall–Kier alpha value is -0.540. The van der Waals surface area contributed by atoms with Gasteiger partial charge in [0.05, 0.1) is 4.88 Å². The van der Waals surface area contributed by atoms with Crippen LogP contribution in [0.25, 0.3) is 0 Å². The zero-order valence-electron chi connectivity index (χ0n) is 10.3. The average molecular weight is 272 g/mol. The number of amides is 1. The van der Waals surface area contributed by atoms with E-state index in [-0.39, 0.29) is 11.9 Å². The van der Waals surface area contributed by atoms with Crippen LogP contribution in [0.5, 0.6) is 0 Å². The van der Waals surface area contributed by atoms with Crippen molar-refractivity contribution in [2.24, 2.45) is 0 Å². The highest BCUT2D eigenvalue weighted by Gasteiger charge is 2.23. The summed E-state index contributed by atoms with van der Waals surface area (Å²) in [5.41, 5.74) is 1.38. The Kier molecular flexibility index (Phi) is 4.10. The topological polar surface area (TPSA) is 20.3 Å². The van der Waals surface area contributed by atoms with Crippen LogP contribution in [-0.4, -0.2) is 29.3 Å². The van der Waals surface area contributed by atoms with Crippen molar-refractivity contribution in [2.75, 3.05) is 12.4 Å². The number of rotatable bonds is 4. The van der Waals surface area contributed by atoms with Gasteiger partial charge in [0.2, 0.25) is 0 Å². The van der Waals surface area contributed by atoms with Crippen molar-refractivity contribution in [3.63, 3.8) is 0 Å². The van der Waals surface area contributed by atoms with Gasteiger partial charge >= 0.3 is 0 Å². The van der Waals surface area contributed by atoms with Crippen LogP contribution in [0.3, 0.4) is 0 Å². The molecule has 1 aromatic rings. The van der Waals surface area contributed by atoms with Crippen LogP contribution in [0.1, 0.15) is 40.4 Å². The first-order chi connectivity index (χ1) is 8.13. The largest absolute Gasteiger partial charge is 0.334 e. The molecule has 0 unspecified atom stereocenters. The van der Waals surface area contributed by atoms with E-state index in [0.29, 0.717) is 12.4 Å². The van der Waals surface area contributed by atoms with E-state index in [1.165, 1.54) is 16.9 Å². The van der Waals surface area contributed by atoms with Gasteiger partial charge in [0.1, 0.15) is 0 Å². The summed E-state index contributed by atoms with van der Waals surface area (Å²) < 4.78 is 0. The van der Waals surface area contributed by atoms with Crippen LogP contribution in [0.4, 0.5) is 0 Å². The van der Waals surface area contributed by atoms with Gasteiger partial charge in [0.25, 0.3) is 5.91 Å². The molecule has 4 heteroatoms. The summed E-state index contributed by atoms with van der Waals surface area (Å²) in [6.07, 6.45) is 3.52. The zero-order chi connectivity index (χ0) is 12.4. The van der Waals surface area contributed by atoms with Crippen LogP contribution in [0, 0.1) is 0 Å². The summed E-state index contributed by atoms with van der Waals surface area (Å²) in [6.45, 7) is 4.69. The van der Waals surface area contributed by atoms with Crippen molar-refractivity contribution >= 4 is 28.8 Å². The van der Waals surface area contributed by atoms with E-state index >= 15 is 0 Å². The van der Waals surface area contributed by atoms with Crippen LogP contribution in [0.15, 0.2) is 6.07 Å². The summed E-state index contributed by atoms with van der Waals surface area (Å²) >= 11 is 7.42. The van der Waals surface area contributed by atoms with Gasteiger partial charge < -0.3 is 4.90 Å². The predicted molar refractivity (Wildman–Crippen MR) is 73.2 cm³/mol.